The van der Waals surface area contributed by atoms with Gasteiger partial charge in [-0.1, -0.05) is 46.1 Å². The lowest BCUT2D eigenvalue weighted by Gasteiger charge is -2.45. The van der Waals surface area contributed by atoms with Gasteiger partial charge in [0.2, 0.25) is 0 Å². The van der Waals surface area contributed by atoms with E-state index < -0.39 is 0 Å². The van der Waals surface area contributed by atoms with Gasteiger partial charge in [0.1, 0.15) is 6.29 Å². The number of hydrogen-bond acceptors (Lipinski definition) is 3. The Morgan fingerprint density at radius 3 is 2.50 bits per heavy atom. The molecule has 1 atom stereocenters. The van der Waals surface area contributed by atoms with Gasteiger partial charge in [0, 0.05) is 31.1 Å². The average molecular weight is 355 g/mol. The van der Waals surface area contributed by atoms with Crippen molar-refractivity contribution in [2.45, 2.75) is 65.2 Å². The molecule has 0 saturated carbocycles. The summed E-state index contributed by atoms with van der Waals surface area (Å²) in [5, 5.41) is 0. The highest BCUT2D eigenvalue weighted by atomic mass is 16.1. The molecule has 2 heterocycles. The van der Waals surface area contributed by atoms with Crippen LogP contribution in [0.5, 0.6) is 0 Å². The average Bonchev–Trinajstić information content (AvgIpc) is 2.62. The summed E-state index contributed by atoms with van der Waals surface area (Å²) >= 11 is 0. The molecule has 1 aromatic rings. The van der Waals surface area contributed by atoms with Crippen LogP contribution >= 0.6 is 0 Å². The van der Waals surface area contributed by atoms with E-state index in [4.69, 9.17) is 4.98 Å². The van der Waals surface area contributed by atoms with Gasteiger partial charge in [0.05, 0.1) is 11.9 Å². The van der Waals surface area contributed by atoms with Crippen molar-refractivity contribution in [2.75, 3.05) is 18.0 Å². The van der Waals surface area contributed by atoms with Crippen molar-refractivity contribution >= 4 is 12.0 Å². The summed E-state index contributed by atoms with van der Waals surface area (Å²) < 4.78 is 0. The van der Waals surface area contributed by atoms with Crippen LogP contribution in [0.15, 0.2) is 36.2 Å². The molecule has 0 amide bonds. The topological polar surface area (TPSA) is 33.2 Å². The molecule has 3 nitrogen and oxygen atoms in total. The number of anilines is 1. The Balaban J connectivity index is 1.99. The fraction of sp³-hybridized carbons (Fsp3) is 0.609. The van der Waals surface area contributed by atoms with Gasteiger partial charge in [-0.2, -0.15) is 0 Å². The number of nitrogens with zero attached hydrogens (tertiary/aromatic N) is 2. The molecular weight excluding hydrogens is 320 g/mol. The number of carbonyl (C=O) groups is 1. The largest absolute Gasteiger partial charge is 0.370 e. The van der Waals surface area contributed by atoms with Crippen molar-refractivity contribution < 1.29 is 4.79 Å². The summed E-state index contributed by atoms with van der Waals surface area (Å²) in [5.41, 5.74) is 6.25. The second-order valence-electron chi connectivity index (χ2n) is 7.60. The molecule has 1 saturated heterocycles. The second-order valence-corrected chi connectivity index (χ2v) is 7.60. The highest BCUT2D eigenvalue weighted by Crippen LogP contribution is 2.34. The third-order valence-electron chi connectivity index (χ3n) is 5.76. The number of hydrogen-bond donors (Lipinski definition) is 0. The van der Waals surface area contributed by atoms with E-state index in [0.29, 0.717) is 6.42 Å². The molecule has 0 aromatic carbocycles. The molecule has 0 spiro atoms. The standard InChI is InChI=1S/C23H34N2O/c1-5-9-19(10-6-2)20-16-25(17-20)21-12-13-23(24-15-21)22(11-8-14-26)18(4)7-3/h12-15,19-20,22H,3,5-6,8-11,16-17H2,1-2,4H3. The molecule has 0 radical (unpaired) electrons. The molecule has 1 aliphatic heterocycles. The molecule has 1 aromatic heterocycles. The Morgan fingerprint density at radius 1 is 1.31 bits per heavy atom. The van der Waals surface area contributed by atoms with Crippen LogP contribution in [0.4, 0.5) is 5.69 Å². The van der Waals surface area contributed by atoms with Gasteiger partial charge >= 0.3 is 0 Å². The van der Waals surface area contributed by atoms with Crippen LogP contribution in [-0.4, -0.2) is 24.4 Å². The molecule has 1 unspecified atom stereocenters. The van der Waals surface area contributed by atoms with Crippen molar-refractivity contribution in [1.82, 2.24) is 4.98 Å². The van der Waals surface area contributed by atoms with Crippen molar-refractivity contribution in [3.05, 3.63) is 41.9 Å². The molecule has 2 rings (SSSR count). The molecule has 0 aliphatic carbocycles. The lowest BCUT2D eigenvalue weighted by Crippen LogP contribution is -2.50. The lowest BCUT2D eigenvalue weighted by molar-refractivity contribution is -0.107. The molecule has 3 heteroatoms. The van der Waals surface area contributed by atoms with Crippen LogP contribution in [0.25, 0.3) is 0 Å². The summed E-state index contributed by atoms with van der Waals surface area (Å²) in [4.78, 5) is 17.9. The number of carbonyl (C=O) groups excluding carboxylic acids is 1. The SMILES string of the molecule is C=C=C(C)C(CCC=O)c1ccc(N2CC(C(CCC)CCC)C2)cn1. The van der Waals surface area contributed by atoms with Gasteiger partial charge in [-0.15, -0.1) is 5.73 Å². The number of aldehydes is 1. The Morgan fingerprint density at radius 2 is 2.00 bits per heavy atom. The minimum atomic E-state index is 0.134. The first kappa shape index (κ1) is 20.5. The van der Waals surface area contributed by atoms with E-state index in [1.54, 1.807) is 0 Å². The fourth-order valence-electron chi connectivity index (χ4n) is 4.11. The zero-order valence-electron chi connectivity index (χ0n) is 16.7. The first-order chi connectivity index (χ1) is 12.6. The van der Waals surface area contributed by atoms with Gasteiger partial charge < -0.3 is 9.69 Å². The maximum absolute atomic E-state index is 10.7. The summed E-state index contributed by atoms with van der Waals surface area (Å²) in [6.07, 6.45) is 9.56. The Bertz CT molecular complexity index is 604. The maximum Gasteiger partial charge on any atom is 0.120 e. The minimum Gasteiger partial charge on any atom is -0.370 e. The van der Waals surface area contributed by atoms with Crippen LogP contribution in [-0.2, 0) is 4.79 Å². The zero-order chi connectivity index (χ0) is 18.9. The van der Waals surface area contributed by atoms with Crippen molar-refractivity contribution in [2.24, 2.45) is 11.8 Å². The summed E-state index contributed by atoms with van der Waals surface area (Å²) in [6, 6.07) is 4.28. The maximum atomic E-state index is 10.7. The first-order valence-electron chi connectivity index (χ1n) is 10.2. The van der Waals surface area contributed by atoms with E-state index in [-0.39, 0.29) is 5.92 Å². The molecule has 1 aliphatic rings. The molecule has 26 heavy (non-hydrogen) atoms. The highest BCUT2D eigenvalue weighted by Gasteiger charge is 2.32. The van der Waals surface area contributed by atoms with Crippen LogP contribution in [0, 0.1) is 11.8 Å². The van der Waals surface area contributed by atoms with E-state index in [9.17, 15) is 4.79 Å². The van der Waals surface area contributed by atoms with Gasteiger partial charge in [-0.05, 0) is 42.9 Å². The Labute approximate surface area is 159 Å². The number of allylic oxidation sites excluding steroid dienone is 1. The van der Waals surface area contributed by atoms with Gasteiger partial charge in [0.25, 0.3) is 0 Å². The lowest BCUT2D eigenvalue weighted by atomic mass is 9.80. The van der Waals surface area contributed by atoms with Gasteiger partial charge in [-0.3, -0.25) is 4.98 Å². The van der Waals surface area contributed by atoms with Crippen molar-refractivity contribution in [3.63, 3.8) is 0 Å². The van der Waals surface area contributed by atoms with Crippen LogP contribution < -0.4 is 4.90 Å². The third-order valence-corrected chi connectivity index (χ3v) is 5.76. The quantitative estimate of drug-likeness (QED) is 0.387. The first-order valence-corrected chi connectivity index (χ1v) is 10.2. The van der Waals surface area contributed by atoms with E-state index in [1.807, 2.05) is 13.1 Å². The normalized spacial score (nSPS) is 15.5. The Hall–Kier alpha value is -1.86. The van der Waals surface area contributed by atoms with Gasteiger partial charge in [0.15, 0.2) is 0 Å². The summed E-state index contributed by atoms with van der Waals surface area (Å²) in [5.74, 6) is 1.84. The minimum absolute atomic E-state index is 0.134. The van der Waals surface area contributed by atoms with E-state index >= 15 is 0 Å². The smallest absolute Gasteiger partial charge is 0.120 e. The molecular formula is C23H34N2O. The zero-order valence-corrected chi connectivity index (χ0v) is 16.7. The molecule has 0 bridgehead atoms. The summed E-state index contributed by atoms with van der Waals surface area (Å²) in [6.45, 7) is 12.7. The van der Waals surface area contributed by atoms with Crippen molar-refractivity contribution in [1.29, 1.82) is 0 Å². The predicted octanol–water partition coefficient (Wildman–Crippen LogP) is 5.53. The third kappa shape index (κ3) is 5.08. The number of pyridine rings is 1. The molecule has 1 fully saturated rings. The number of aromatic nitrogens is 1. The van der Waals surface area contributed by atoms with Crippen LogP contribution in [0.3, 0.4) is 0 Å². The van der Waals surface area contributed by atoms with Crippen LogP contribution in [0.1, 0.15) is 70.9 Å². The molecule has 142 valence electrons. The molecule has 0 N–H and O–H groups in total. The monoisotopic (exact) mass is 354 g/mol. The van der Waals surface area contributed by atoms with Crippen molar-refractivity contribution in [3.8, 4) is 0 Å². The van der Waals surface area contributed by atoms with E-state index in [2.05, 4.69) is 43.2 Å². The van der Waals surface area contributed by atoms with Gasteiger partial charge in [-0.25, -0.2) is 0 Å². The van der Waals surface area contributed by atoms with E-state index in [1.165, 1.54) is 31.4 Å². The second kappa shape index (κ2) is 10.3. The van der Waals surface area contributed by atoms with E-state index in [0.717, 1.165) is 48.9 Å². The van der Waals surface area contributed by atoms with Crippen LogP contribution in [0.2, 0.25) is 0 Å². The predicted molar refractivity (Wildman–Crippen MR) is 110 cm³/mol. The summed E-state index contributed by atoms with van der Waals surface area (Å²) in [7, 11) is 0. The number of rotatable bonds is 11. The highest BCUT2D eigenvalue weighted by molar-refractivity contribution is 5.50. The fourth-order valence-corrected chi connectivity index (χ4v) is 4.11. The Kier molecular flexibility index (Phi) is 8.12.